The molecule has 5 aromatic carbocycles. The van der Waals surface area contributed by atoms with Gasteiger partial charge in [0.05, 0.1) is 11.1 Å². The molecule has 7 rings (SSSR count). The Hall–Kier alpha value is -4.74. The van der Waals surface area contributed by atoms with Gasteiger partial charge in [-0.25, -0.2) is 0 Å². The normalized spacial score (nSPS) is 16.3. The number of imide groups is 2. The number of fused-ring (bicyclic) bond motifs is 2. The predicted octanol–water partition coefficient (Wildman–Crippen LogP) is 11.4. The van der Waals surface area contributed by atoms with Crippen molar-refractivity contribution in [2.75, 3.05) is 13.1 Å². The van der Waals surface area contributed by atoms with Crippen LogP contribution in [0.4, 0.5) is 26.3 Å². The van der Waals surface area contributed by atoms with Crippen molar-refractivity contribution in [3.63, 3.8) is 0 Å². The lowest BCUT2D eigenvalue weighted by Gasteiger charge is -2.33. The maximum Gasteiger partial charge on any atom is 0.417 e. The molecule has 2 unspecified atom stereocenters. The van der Waals surface area contributed by atoms with Crippen LogP contribution < -0.4 is 0 Å². The van der Waals surface area contributed by atoms with Crippen LogP contribution in [0.15, 0.2) is 36.4 Å². The van der Waals surface area contributed by atoms with E-state index in [0.717, 1.165) is 41.9 Å². The lowest BCUT2D eigenvalue weighted by molar-refractivity contribution is -0.136. The Balaban J connectivity index is 1.57. The van der Waals surface area contributed by atoms with Gasteiger partial charge in [-0.2, -0.15) is 26.3 Å². The highest BCUT2D eigenvalue weighted by Crippen LogP contribution is 2.53. The molecule has 0 fully saturated rings. The zero-order valence-corrected chi connectivity index (χ0v) is 30.5. The van der Waals surface area contributed by atoms with E-state index in [9.17, 15) is 19.2 Å². The molecule has 6 nitrogen and oxygen atoms in total. The van der Waals surface area contributed by atoms with E-state index in [2.05, 4.69) is 0 Å². The Morgan fingerprint density at radius 2 is 0.870 bits per heavy atom. The van der Waals surface area contributed by atoms with Crippen LogP contribution in [0.5, 0.6) is 0 Å². The third-order valence-corrected chi connectivity index (χ3v) is 11.6. The number of rotatable bonds is 12. The third-order valence-electron chi connectivity index (χ3n) is 11.6. The highest BCUT2D eigenvalue weighted by atomic mass is 19.4. The zero-order valence-electron chi connectivity index (χ0n) is 30.5. The molecule has 5 aromatic rings. The van der Waals surface area contributed by atoms with Crippen LogP contribution in [0.3, 0.4) is 0 Å². The van der Waals surface area contributed by atoms with Gasteiger partial charge in [-0.15, -0.1) is 0 Å². The second kappa shape index (κ2) is 13.5. The fourth-order valence-corrected chi connectivity index (χ4v) is 8.70. The molecule has 0 N–H and O–H groups in total. The van der Waals surface area contributed by atoms with Crippen LogP contribution in [0, 0.1) is 11.8 Å². The largest absolute Gasteiger partial charge is 0.417 e. The highest BCUT2D eigenvalue weighted by molar-refractivity contribution is 6.42. The van der Waals surface area contributed by atoms with E-state index >= 15 is 26.3 Å². The van der Waals surface area contributed by atoms with Crippen molar-refractivity contribution in [3.8, 4) is 0 Å². The molecule has 0 aliphatic carbocycles. The van der Waals surface area contributed by atoms with Gasteiger partial charge < -0.3 is 0 Å². The average Bonchev–Trinajstić information content (AvgIpc) is 3.13. The summed E-state index contributed by atoms with van der Waals surface area (Å²) in [7, 11) is 0. The fourth-order valence-electron chi connectivity index (χ4n) is 8.70. The second-order valence-corrected chi connectivity index (χ2v) is 14.8. The first-order valence-electron chi connectivity index (χ1n) is 18.7. The number of unbranched alkanes of at least 4 members (excludes halogenated alkanes) is 2. The van der Waals surface area contributed by atoms with Crippen LogP contribution in [-0.4, -0.2) is 46.5 Å². The highest BCUT2D eigenvalue weighted by Gasteiger charge is 2.45. The Kier molecular flexibility index (Phi) is 9.41. The number of hydrogen-bond donors (Lipinski definition) is 0. The molecular weight excluding hydrogens is 710 g/mol. The summed E-state index contributed by atoms with van der Waals surface area (Å²) in [6, 6.07) is 6.49. The van der Waals surface area contributed by atoms with E-state index in [0.29, 0.717) is 31.4 Å². The van der Waals surface area contributed by atoms with Crippen LogP contribution in [0.25, 0.3) is 43.1 Å². The maximum atomic E-state index is 15.3. The van der Waals surface area contributed by atoms with Gasteiger partial charge in [-0.3, -0.25) is 29.0 Å². The summed E-state index contributed by atoms with van der Waals surface area (Å²) in [6.07, 6.45) is -4.27. The van der Waals surface area contributed by atoms with Crippen molar-refractivity contribution in [1.29, 1.82) is 0 Å². The van der Waals surface area contributed by atoms with E-state index in [4.69, 9.17) is 0 Å². The molecule has 0 bridgehead atoms. The first-order valence-corrected chi connectivity index (χ1v) is 18.7. The molecule has 0 aromatic heterocycles. The maximum absolute atomic E-state index is 15.3. The van der Waals surface area contributed by atoms with Crippen molar-refractivity contribution in [2.45, 2.75) is 91.4 Å². The van der Waals surface area contributed by atoms with Crippen LogP contribution in [0.2, 0.25) is 0 Å². The number of hydrogen-bond acceptors (Lipinski definition) is 4. The molecule has 2 aliphatic heterocycles. The summed E-state index contributed by atoms with van der Waals surface area (Å²) in [5.74, 6) is -3.53. The van der Waals surface area contributed by atoms with Gasteiger partial charge in [-0.05, 0) is 65.1 Å². The smallest absolute Gasteiger partial charge is 0.274 e. The van der Waals surface area contributed by atoms with E-state index in [-0.39, 0.29) is 63.0 Å². The average molecular weight is 751 g/mol. The molecular formula is C42H40F6N2O4. The number of carbonyl (C=O) groups is 4. The summed E-state index contributed by atoms with van der Waals surface area (Å²) in [5, 5.41) is -2.42. The molecule has 2 atom stereocenters. The molecule has 2 heterocycles. The molecule has 54 heavy (non-hydrogen) atoms. The standard InChI is InChI=1S/C42H40F6N2O4/c1-5-9-11-21(7-3)19-49-37(51)25-15-13-23-31-24(14-16-26(32(25)31)38(49)52)35-30(42(46,47)48)18-28-33-27(17-29(41(43,44)45)34(23)36(33)35)39(53)50(40(28)54)20-22(8-4)12-10-6-2/h13-18,21-22H,5-12,19-20H2,1-4H3. The minimum absolute atomic E-state index is 0.00117. The van der Waals surface area contributed by atoms with Crippen molar-refractivity contribution in [1.82, 2.24) is 9.80 Å². The minimum Gasteiger partial charge on any atom is -0.274 e. The number of alkyl halides is 6. The van der Waals surface area contributed by atoms with Crippen molar-refractivity contribution in [3.05, 3.63) is 69.8 Å². The molecule has 284 valence electrons. The first-order chi connectivity index (χ1) is 25.6. The van der Waals surface area contributed by atoms with Crippen LogP contribution in [0.1, 0.15) is 132 Å². The topological polar surface area (TPSA) is 74.8 Å². The number of carbonyl (C=O) groups excluding carboxylic acids is 4. The Bertz CT molecular complexity index is 2240. The molecule has 2 aliphatic rings. The van der Waals surface area contributed by atoms with Crippen molar-refractivity contribution >= 4 is 66.7 Å². The summed E-state index contributed by atoms with van der Waals surface area (Å²) >= 11 is 0. The Morgan fingerprint density at radius 1 is 0.500 bits per heavy atom. The van der Waals surface area contributed by atoms with Gasteiger partial charge in [0.1, 0.15) is 0 Å². The van der Waals surface area contributed by atoms with Crippen LogP contribution >= 0.6 is 0 Å². The summed E-state index contributed by atoms with van der Waals surface area (Å²) < 4.78 is 91.7. The molecule has 12 heteroatoms. The lowest BCUT2D eigenvalue weighted by atomic mass is 9.79. The molecule has 0 saturated carbocycles. The summed E-state index contributed by atoms with van der Waals surface area (Å²) in [6.45, 7) is 7.78. The number of benzene rings is 5. The first kappa shape index (κ1) is 37.6. The molecule has 0 radical (unpaired) electrons. The Morgan fingerprint density at radius 3 is 1.22 bits per heavy atom. The summed E-state index contributed by atoms with van der Waals surface area (Å²) in [5.41, 5.74) is -3.69. The molecule has 0 spiro atoms. The lowest BCUT2D eigenvalue weighted by Crippen LogP contribution is -2.43. The van der Waals surface area contributed by atoms with Gasteiger partial charge in [0.15, 0.2) is 0 Å². The zero-order chi connectivity index (χ0) is 39.0. The number of nitrogens with zero attached hydrogens (tertiary/aromatic N) is 2. The monoisotopic (exact) mass is 750 g/mol. The third kappa shape index (κ3) is 5.70. The summed E-state index contributed by atoms with van der Waals surface area (Å²) in [4.78, 5) is 58.1. The fraction of sp³-hybridized carbons (Fsp3) is 0.429. The van der Waals surface area contributed by atoms with E-state index in [1.54, 1.807) is 0 Å². The van der Waals surface area contributed by atoms with Gasteiger partial charge in [0.2, 0.25) is 0 Å². The molecule has 0 saturated heterocycles. The number of halogens is 6. The molecule has 4 amide bonds. The minimum atomic E-state index is -5.15. The van der Waals surface area contributed by atoms with Gasteiger partial charge in [-0.1, -0.05) is 78.4 Å². The van der Waals surface area contributed by atoms with Crippen molar-refractivity contribution < 1.29 is 45.5 Å². The van der Waals surface area contributed by atoms with Crippen LogP contribution in [-0.2, 0) is 12.4 Å². The van der Waals surface area contributed by atoms with Gasteiger partial charge in [0, 0.05) is 62.3 Å². The quantitative estimate of drug-likeness (QED) is 0.0551. The van der Waals surface area contributed by atoms with E-state index < -0.39 is 74.4 Å². The van der Waals surface area contributed by atoms with Gasteiger partial charge in [0.25, 0.3) is 23.6 Å². The number of amides is 4. The van der Waals surface area contributed by atoms with E-state index in [1.165, 1.54) is 24.3 Å². The van der Waals surface area contributed by atoms with E-state index in [1.807, 2.05) is 27.7 Å². The SMILES string of the molecule is CCCCC(CC)CN1C(=O)c2ccc3c4c(C(F)(F)F)cc5c6c(cc(C(F)(F)F)c(c7ccc(c2c37)C1=O)c64)C(=O)N(CC(CC)CCCC)C5=O. The van der Waals surface area contributed by atoms with Crippen molar-refractivity contribution in [2.24, 2.45) is 11.8 Å². The van der Waals surface area contributed by atoms with Gasteiger partial charge >= 0.3 is 12.4 Å². The Labute approximate surface area is 307 Å². The second-order valence-electron chi connectivity index (χ2n) is 14.8. The predicted molar refractivity (Wildman–Crippen MR) is 195 cm³/mol.